The number of aromatic nitrogens is 4. The summed E-state index contributed by atoms with van der Waals surface area (Å²) < 4.78 is 26.2. The Balaban J connectivity index is 2.41. The minimum atomic E-state index is -1.31. The molecule has 3 aromatic rings. The predicted molar refractivity (Wildman–Crippen MR) is 63.4 cm³/mol. The van der Waals surface area contributed by atoms with E-state index in [1.165, 1.54) is 11.3 Å². The fraction of sp³-hybridized carbons (Fsp3) is 0. The number of rotatable bonds is 1. The van der Waals surface area contributed by atoms with Gasteiger partial charge in [-0.3, -0.25) is 0 Å². The van der Waals surface area contributed by atoms with E-state index >= 15 is 0 Å². The molecular weight excluding hydrogens is 282 g/mol. The first kappa shape index (κ1) is 11.4. The minimum absolute atomic E-state index is 0.00559. The Labute approximate surface area is 108 Å². The van der Waals surface area contributed by atoms with Gasteiger partial charge in [-0.05, 0) is 11.4 Å². The highest BCUT2D eigenvalue weighted by Gasteiger charge is 2.17. The molecule has 0 aliphatic carbocycles. The number of hydrogen-bond donors (Lipinski definition) is 0. The van der Waals surface area contributed by atoms with Crippen LogP contribution in [0.5, 0.6) is 0 Å². The van der Waals surface area contributed by atoms with E-state index < -0.39 is 11.9 Å². The molecule has 3 heterocycles. The van der Waals surface area contributed by atoms with E-state index in [-0.39, 0.29) is 16.2 Å². The van der Waals surface area contributed by atoms with Crippen molar-refractivity contribution < 1.29 is 8.78 Å². The third-order valence-electron chi connectivity index (χ3n) is 2.23. The third kappa shape index (κ3) is 1.72. The first-order chi connectivity index (χ1) is 8.66. The van der Waals surface area contributed by atoms with Crippen LogP contribution in [0.1, 0.15) is 0 Å². The fourth-order valence-electron chi connectivity index (χ4n) is 1.47. The number of fused-ring (bicyclic) bond motifs is 1. The van der Waals surface area contributed by atoms with Gasteiger partial charge in [0.25, 0.3) is 11.9 Å². The molecule has 0 N–H and O–H groups in total. The van der Waals surface area contributed by atoms with Gasteiger partial charge in [0, 0.05) is 0 Å². The second kappa shape index (κ2) is 4.18. The van der Waals surface area contributed by atoms with Crippen molar-refractivity contribution in [3.8, 4) is 10.6 Å². The summed E-state index contributed by atoms with van der Waals surface area (Å²) in [6.45, 7) is 0. The van der Waals surface area contributed by atoms with Crippen LogP contribution in [0, 0.1) is 11.9 Å². The van der Waals surface area contributed by atoms with Crippen LogP contribution in [0.15, 0.2) is 17.5 Å². The van der Waals surface area contributed by atoms with Gasteiger partial charge < -0.3 is 0 Å². The normalized spacial score (nSPS) is 11.1. The number of halogens is 3. The lowest BCUT2D eigenvalue weighted by molar-refractivity contribution is 0.459. The zero-order valence-corrected chi connectivity index (χ0v) is 10.1. The molecule has 0 spiro atoms. The summed E-state index contributed by atoms with van der Waals surface area (Å²) >= 11 is 7.13. The smallest absolute Gasteiger partial charge is 0.211 e. The maximum atomic E-state index is 13.2. The van der Waals surface area contributed by atoms with Gasteiger partial charge >= 0.3 is 0 Å². The molecule has 3 rings (SSSR count). The first-order valence-electron chi connectivity index (χ1n) is 4.75. The molecular formula is C10H3ClF2N4S. The molecule has 0 saturated heterocycles. The maximum Gasteiger partial charge on any atom is 0.269 e. The van der Waals surface area contributed by atoms with Crippen molar-refractivity contribution in [3.63, 3.8) is 0 Å². The largest absolute Gasteiger partial charge is 0.269 e. The number of thiophene rings is 1. The predicted octanol–water partition coefficient (Wildman–Crippen LogP) is 3.08. The van der Waals surface area contributed by atoms with Crippen molar-refractivity contribution in [3.05, 3.63) is 34.6 Å². The molecule has 0 aliphatic heterocycles. The molecule has 0 aliphatic rings. The van der Waals surface area contributed by atoms with Gasteiger partial charge in [-0.1, -0.05) is 17.7 Å². The van der Waals surface area contributed by atoms with Crippen molar-refractivity contribution in [1.82, 2.24) is 20.2 Å². The van der Waals surface area contributed by atoms with Gasteiger partial charge in [0.1, 0.15) is 16.7 Å². The van der Waals surface area contributed by atoms with Gasteiger partial charge in [-0.2, -0.15) is 8.78 Å². The van der Waals surface area contributed by atoms with Crippen LogP contribution in [0.3, 0.4) is 0 Å². The van der Waals surface area contributed by atoms with Crippen LogP contribution in [-0.4, -0.2) is 20.2 Å². The maximum absolute atomic E-state index is 13.2. The number of hydrogen-bond acceptors (Lipinski definition) is 5. The van der Waals surface area contributed by atoms with Crippen molar-refractivity contribution in [1.29, 1.82) is 0 Å². The molecule has 90 valence electrons. The molecule has 0 atom stereocenters. The monoisotopic (exact) mass is 284 g/mol. The highest BCUT2D eigenvalue weighted by molar-refractivity contribution is 7.13. The standard InChI is InChI=1S/C10H3ClF2N4S/c11-8-7-6(14-9(12)10(13)15-7)5(16-17-8)4-2-1-3-18-4/h1-3H. The molecule has 4 nitrogen and oxygen atoms in total. The molecule has 3 aromatic heterocycles. The van der Waals surface area contributed by atoms with Gasteiger partial charge in [-0.25, -0.2) is 9.97 Å². The highest BCUT2D eigenvalue weighted by atomic mass is 35.5. The van der Waals surface area contributed by atoms with Gasteiger partial charge in [0.05, 0.1) is 4.88 Å². The van der Waals surface area contributed by atoms with E-state index in [4.69, 9.17) is 11.6 Å². The Morgan fingerprint density at radius 1 is 1.06 bits per heavy atom. The van der Waals surface area contributed by atoms with Gasteiger partial charge in [0.2, 0.25) is 0 Å². The molecule has 0 saturated carbocycles. The third-order valence-corrected chi connectivity index (χ3v) is 3.36. The van der Waals surface area contributed by atoms with Crippen LogP contribution in [-0.2, 0) is 0 Å². The zero-order chi connectivity index (χ0) is 12.7. The summed E-state index contributed by atoms with van der Waals surface area (Å²) in [5.74, 6) is -2.60. The quantitative estimate of drug-likeness (QED) is 0.689. The Morgan fingerprint density at radius 3 is 2.44 bits per heavy atom. The Morgan fingerprint density at radius 2 is 1.78 bits per heavy atom. The summed E-state index contributed by atoms with van der Waals surface area (Å²) in [6.07, 6.45) is 0. The van der Waals surface area contributed by atoms with E-state index in [2.05, 4.69) is 20.2 Å². The second-order valence-corrected chi connectivity index (χ2v) is 4.62. The SMILES string of the molecule is Fc1nc2c(Cl)nnc(-c3cccs3)c2nc1F. The molecule has 0 unspecified atom stereocenters. The molecule has 0 bridgehead atoms. The lowest BCUT2D eigenvalue weighted by atomic mass is 10.3. The van der Waals surface area contributed by atoms with E-state index in [0.717, 1.165) is 4.88 Å². The summed E-state index contributed by atoms with van der Waals surface area (Å²) in [5, 5.41) is 9.23. The average Bonchev–Trinajstić information content (AvgIpc) is 2.86. The summed E-state index contributed by atoms with van der Waals surface area (Å²) in [5.41, 5.74) is 0.418. The van der Waals surface area contributed by atoms with Crippen molar-refractivity contribution in [2.75, 3.05) is 0 Å². The second-order valence-electron chi connectivity index (χ2n) is 3.32. The lowest BCUT2D eigenvalue weighted by Gasteiger charge is -2.03. The molecule has 0 aromatic carbocycles. The van der Waals surface area contributed by atoms with E-state index in [1.807, 2.05) is 5.38 Å². The molecule has 8 heteroatoms. The van der Waals surface area contributed by atoms with Crippen molar-refractivity contribution in [2.45, 2.75) is 0 Å². The van der Waals surface area contributed by atoms with E-state index in [9.17, 15) is 8.78 Å². The van der Waals surface area contributed by atoms with E-state index in [0.29, 0.717) is 5.69 Å². The van der Waals surface area contributed by atoms with Crippen LogP contribution in [0.25, 0.3) is 21.6 Å². The molecule has 18 heavy (non-hydrogen) atoms. The van der Waals surface area contributed by atoms with Crippen LogP contribution in [0.4, 0.5) is 8.78 Å². The lowest BCUT2D eigenvalue weighted by Crippen LogP contribution is -2.00. The van der Waals surface area contributed by atoms with Crippen LogP contribution >= 0.6 is 22.9 Å². The van der Waals surface area contributed by atoms with Crippen molar-refractivity contribution in [2.24, 2.45) is 0 Å². The molecule has 0 fully saturated rings. The summed E-state index contributed by atoms with van der Waals surface area (Å²) in [4.78, 5) is 7.65. The van der Waals surface area contributed by atoms with Crippen molar-refractivity contribution >= 4 is 34.0 Å². The van der Waals surface area contributed by atoms with Crippen LogP contribution < -0.4 is 0 Å². The highest BCUT2D eigenvalue weighted by Crippen LogP contribution is 2.30. The molecule has 0 amide bonds. The number of nitrogens with zero attached hydrogens (tertiary/aromatic N) is 4. The van der Waals surface area contributed by atoms with Crippen LogP contribution in [0.2, 0.25) is 5.15 Å². The fourth-order valence-corrected chi connectivity index (χ4v) is 2.35. The Kier molecular flexibility index (Phi) is 2.64. The summed E-state index contributed by atoms with van der Waals surface area (Å²) in [6, 6.07) is 3.57. The zero-order valence-electron chi connectivity index (χ0n) is 8.56. The first-order valence-corrected chi connectivity index (χ1v) is 6.01. The van der Waals surface area contributed by atoms with Gasteiger partial charge in [0.15, 0.2) is 5.15 Å². The topological polar surface area (TPSA) is 51.6 Å². The van der Waals surface area contributed by atoms with Gasteiger partial charge in [-0.15, -0.1) is 21.5 Å². The van der Waals surface area contributed by atoms with E-state index in [1.54, 1.807) is 12.1 Å². The molecule has 0 radical (unpaired) electrons. The Hall–Kier alpha value is -1.73. The average molecular weight is 285 g/mol. The minimum Gasteiger partial charge on any atom is -0.211 e. The Bertz CT molecular complexity index is 732. The summed E-state index contributed by atoms with van der Waals surface area (Å²) in [7, 11) is 0.